The van der Waals surface area contributed by atoms with Crippen LogP contribution < -0.4 is 0 Å². The summed E-state index contributed by atoms with van der Waals surface area (Å²) in [4.78, 5) is 24.9. The molecule has 2 N–H and O–H groups in total. The summed E-state index contributed by atoms with van der Waals surface area (Å²) in [6.45, 7) is 0. The van der Waals surface area contributed by atoms with Crippen LogP contribution in [0.15, 0.2) is 33.2 Å². The molecule has 0 aromatic heterocycles. The lowest BCUT2D eigenvalue weighted by molar-refractivity contribution is 0.0975. The van der Waals surface area contributed by atoms with E-state index in [1.807, 2.05) is 0 Å². The molecule has 3 rings (SSSR count). The molecule has 20 heavy (non-hydrogen) atoms. The number of ketones is 2. The number of phenols is 2. The van der Waals surface area contributed by atoms with Crippen molar-refractivity contribution in [2.45, 2.75) is 0 Å². The van der Waals surface area contributed by atoms with Crippen LogP contribution in [0.2, 0.25) is 0 Å². The normalized spacial score (nSPS) is 13.1. The van der Waals surface area contributed by atoms with Gasteiger partial charge in [0, 0.05) is 11.1 Å². The zero-order valence-electron chi connectivity index (χ0n) is 9.78. The Morgan fingerprint density at radius 3 is 1.80 bits per heavy atom. The fourth-order valence-electron chi connectivity index (χ4n) is 2.25. The highest BCUT2D eigenvalue weighted by molar-refractivity contribution is 9.11. The van der Waals surface area contributed by atoms with Crippen molar-refractivity contribution in [3.63, 3.8) is 0 Å². The fourth-order valence-corrected chi connectivity index (χ4v) is 3.49. The zero-order valence-corrected chi connectivity index (χ0v) is 12.9. The van der Waals surface area contributed by atoms with Gasteiger partial charge in [-0.1, -0.05) is 24.3 Å². The summed E-state index contributed by atoms with van der Waals surface area (Å²) < 4.78 is 0.0636. The Labute approximate surface area is 130 Å². The van der Waals surface area contributed by atoms with Crippen LogP contribution in [0, 0.1) is 0 Å². The number of rotatable bonds is 0. The Morgan fingerprint density at radius 1 is 0.750 bits per heavy atom. The van der Waals surface area contributed by atoms with Gasteiger partial charge in [-0.3, -0.25) is 9.59 Å². The van der Waals surface area contributed by atoms with E-state index in [0.717, 1.165) is 0 Å². The number of hydrogen-bond donors (Lipinski definition) is 2. The molecule has 0 saturated carbocycles. The van der Waals surface area contributed by atoms with Crippen molar-refractivity contribution in [2.24, 2.45) is 0 Å². The molecule has 0 amide bonds. The van der Waals surface area contributed by atoms with Crippen LogP contribution in [-0.2, 0) is 0 Å². The largest absolute Gasteiger partial charge is 0.506 e. The molecule has 2 aromatic rings. The van der Waals surface area contributed by atoms with Gasteiger partial charge in [0.2, 0.25) is 0 Å². The predicted molar refractivity (Wildman–Crippen MR) is 78.5 cm³/mol. The van der Waals surface area contributed by atoms with Crippen molar-refractivity contribution in [1.82, 2.24) is 0 Å². The molecule has 100 valence electrons. The van der Waals surface area contributed by atoms with Gasteiger partial charge in [-0.15, -0.1) is 0 Å². The molecule has 0 unspecified atom stereocenters. The van der Waals surface area contributed by atoms with E-state index in [0.29, 0.717) is 0 Å². The number of aromatic hydroxyl groups is 2. The lowest BCUT2D eigenvalue weighted by Crippen LogP contribution is -2.21. The van der Waals surface area contributed by atoms with Gasteiger partial charge in [-0.2, -0.15) is 0 Å². The third-order valence-electron chi connectivity index (χ3n) is 3.20. The minimum Gasteiger partial charge on any atom is -0.506 e. The number of benzene rings is 2. The van der Waals surface area contributed by atoms with Crippen LogP contribution in [0.5, 0.6) is 11.5 Å². The first-order valence-electron chi connectivity index (χ1n) is 5.56. The van der Waals surface area contributed by atoms with Gasteiger partial charge in [0.1, 0.15) is 16.0 Å². The number of hydrogen-bond acceptors (Lipinski definition) is 4. The Kier molecular flexibility index (Phi) is 2.95. The maximum atomic E-state index is 12.5. The highest BCUT2D eigenvalue weighted by Crippen LogP contribution is 2.47. The maximum Gasteiger partial charge on any atom is 0.198 e. The zero-order chi connectivity index (χ0) is 14.6. The highest BCUT2D eigenvalue weighted by atomic mass is 79.9. The quantitative estimate of drug-likeness (QED) is 0.609. The Morgan fingerprint density at radius 2 is 1.25 bits per heavy atom. The Hall–Kier alpha value is -1.66. The van der Waals surface area contributed by atoms with E-state index in [1.54, 1.807) is 18.2 Å². The van der Waals surface area contributed by atoms with Gasteiger partial charge in [-0.05, 0) is 31.9 Å². The molecule has 0 radical (unpaired) electrons. The number of carbonyl (C=O) groups is 2. The monoisotopic (exact) mass is 396 g/mol. The van der Waals surface area contributed by atoms with E-state index in [4.69, 9.17) is 0 Å². The summed E-state index contributed by atoms with van der Waals surface area (Å²) in [6.07, 6.45) is 0. The van der Waals surface area contributed by atoms with Gasteiger partial charge in [-0.25, -0.2) is 0 Å². The first-order valence-corrected chi connectivity index (χ1v) is 7.15. The van der Waals surface area contributed by atoms with E-state index in [-0.39, 0.29) is 36.9 Å². The Balaban J connectivity index is 2.46. The minimum absolute atomic E-state index is 0.0214. The molecule has 0 aliphatic heterocycles. The van der Waals surface area contributed by atoms with Crippen LogP contribution in [-0.4, -0.2) is 21.8 Å². The first kappa shape index (κ1) is 13.3. The van der Waals surface area contributed by atoms with E-state index < -0.39 is 17.3 Å². The average Bonchev–Trinajstić information content (AvgIpc) is 2.46. The van der Waals surface area contributed by atoms with Crippen molar-refractivity contribution < 1.29 is 19.8 Å². The fraction of sp³-hybridized carbons (Fsp3) is 0. The number of carbonyl (C=O) groups excluding carboxylic acids is 2. The lowest BCUT2D eigenvalue weighted by atomic mass is 9.83. The minimum atomic E-state index is -0.450. The summed E-state index contributed by atoms with van der Waals surface area (Å²) >= 11 is 6.11. The number of halogens is 2. The summed E-state index contributed by atoms with van der Waals surface area (Å²) in [7, 11) is 0. The predicted octanol–water partition coefficient (Wildman–Crippen LogP) is 3.40. The van der Waals surface area contributed by atoms with E-state index in [9.17, 15) is 19.8 Å². The van der Waals surface area contributed by atoms with Crippen LogP contribution in [0.4, 0.5) is 0 Å². The second-order valence-corrected chi connectivity index (χ2v) is 5.87. The van der Waals surface area contributed by atoms with Crippen molar-refractivity contribution in [3.05, 3.63) is 55.5 Å². The highest BCUT2D eigenvalue weighted by Gasteiger charge is 2.36. The van der Waals surface area contributed by atoms with Crippen LogP contribution in [0.1, 0.15) is 31.8 Å². The number of fused-ring (bicyclic) bond motifs is 2. The van der Waals surface area contributed by atoms with Gasteiger partial charge >= 0.3 is 0 Å². The second-order valence-electron chi connectivity index (χ2n) is 4.28. The van der Waals surface area contributed by atoms with Crippen LogP contribution >= 0.6 is 31.9 Å². The van der Waals surface area contributed by atoms with Crippen molar-refractivity contribution in [1.29, 1.82) is 0 Å². The standard InChI is InChI=1S/C14H6Br2O4/c15-9-7-8(13(19)10(16)14(9)20)12(18)6-4-2-1-3-5(6)11(7)17/h1-4,19-20H. The molecule has 4 nitrogen and oxygen atoms in total. The molecule has 0 heterocycles. The van der Waals surface area contributed by atoms with Gasteiger partial charge < -0.3 is 10.2 Å². The molecule has 2 aromatic carbocycles. The number of phenolic OH excluding ortho intramolecular Hbond substituents is 2. The molecule has 0 spiro atoms. The third kappa shape index (κ3) is 1.58. The van der Waals surface area contributed by atoms with E-state index in [2.05, 4.69) is 31.9 Å². The lowest BCUT2D eigenvalue weighted by Gasteiger charge is -2.21. The van der Waals surface area contributed by atoms with Crippen molar-refractivity contribution >= 4 is 43.4 Å². The maximum absolute atomic E-state index is 12.5. The molecular weight excluding hydrogens is 392 g/mol. The third-order valence-corrected chi connectivity index (χ3v) is 4.72. The Bertz CT molecular complexity index is 730. The van der Waals surface area contributed by atoms with Gasteiger partial charge in [0.05, 0.1) is 15.6 Å². The topological polar surface area (TPSA) is 74.6 Å². The molecule has 1 aliphatic carbocycles. The van der Waals surface area contributed by atoms with E-state index in [1.165, 1.54) is 6.07 Å². The first-order chi connectivity index (χ1) is 9.45. The van der Waals surface area contributed by atoms with Crippen LogP contribution in [0.25, 0.3) is 0 Å². The molecule has 1 aliphatic rings. The average molecular weight is 398 g/mol. The summed E-state index contributed by atoms with van der Waals surface area (Å²) in [5.41, 5.74) is 0.369. The molecular formula is C14H6Br2O4. The van der Waals surface area contributed by atoms with Crippen molar-refractivity contribution in [2.75, 3.05) is 0 Å². The summed E-state index contributed by atoms with van der Waals surface area (Å²) in [5.74, 6) is -1.62. The molecule has 0 fully saturated rings. The van der Waals surface area contributed by atoms with Crippen LogP contribution in [0.3, 0.4) is 0 Å². The smallest absolute Gasteiger partial charge is 0.198 e. The van der Waals surface area contributed by atoms with Gasteiger partial charge in [0.25, 0.3) is 0 Å². The van der Waals surface area contributed by atoms with E-state index >= 15 is 0 Å². The molecule has 6 heteroatoms. The molecule has 0 saturated heterocycles. The molecule has 0 bridgehead atoms. The summed E-state index contributed by atoms with van der Waals surface area (Å²) in [6, 6.07) is 6.38. The SMILES string of the molecule is O=C1c2ccccc2C(=O)c2c(Br)c(O)c(Br)c(O)c21. The van der Waals surface area contributed by atoms with Crippen molar-refractivity contribution in [3.8, 4) is 11.5 Å². The van der Waals surface area contributed by atoms with Gasteiger partial charge in [0.15, 0.2) is 11.6 Å². The second kappa shape index (κ2) is 4.43. The summed E-state index contributed by atoms with van der Waals surface area (Å²) in [5, 5.41) is 19.9. The molecule has 0 atom stereocenters.